The van der Waals surface area contributed by atoms with Crippen LogP contribution in [-0.4, -0.2) is 94.5 Å². The highest BCUT2D eigenvalue weighted by Gasteiger charge is 2.94. The van der Waals surface area contributed by atoms with Gasteiger partial charge >= 0.3 is 47.6 Å². The van der Waals surface area contributed by atoms with Gasteiger partial charge in [-0.25, -0.2) is 13.9 Å². The minimum atomic E-state index is -8.57. The molecule has 26 heteroatoms. The lowest BCUT2D eigenvalue weighted by Gasteiger charge is -2.43. The summed E-state index contributed by atoms with van der Waals surface area (Å²) >= 11 is 1.23. The monoisotopic (exact) mass is 831 g/mol. The van der Waals surface area contributed by atoms with E-state index >= 15 is 0 Å². The number of nitrogens with zero attached hydrogens (tertiary/aromatic N) is 1. The van der Waals surface area contributed by atoms with E-state index in [0.29, 0.717) is 12.1 Å². The van der Waals surface area contributed by atoms with Gasteiger partial charge in [-0.05, 0) is 44.2 Å². The van der Waals surface area contributed by atoms with Gasteiger partial charge in [-0.2, -0.15) is 81.9 Å². The molecule has 1 aliphatic rings. The van der Waals surface area contributed by atoms with E-state index in [2.05, 4.69) is 0 Å². The molecule has 1 aliphatic heterocycles. The van der Waals surface area contributed by atoms with Crippen molar-refractivity contribution in [2.75, 3.05) is 17.6 Å². The van der Waals surface area contributed by atoms with E-state index in [1.54, 1.807) is 13.8 Å². The SMILES string of the molecule is CC1(C)SCCN(S(=O)(=O)c2ccc3oc4cc(NC(=O)C(F)(F)C(F)(F)C(F)(F)C(F)(F)C(F)(F)C(F)(F)C(F)(F)F)ccc4c3c2)C1C(=O)NO. The van der Waals surface area contributed by atoms with Gasteiger partial charge in [0.25, 0.3) is 5.91 Å². The predicted octanol–water partition coefficient (Wildman–Crippen LogP) is 7.29. The topological polar surface area (TPSA) is 129 Å². The summed E-state index contributed by atoms with van der Waals surface area (Å²) in [5, 5.41) is 9.91. The summed E-state index contributed by atoms with van der Waals surface area (Å²) in [5.41, 5.74) is -0.335. The van der Waals surface area contributed by atoms with E-state index in [1.807, 2.05) is 0 Å². The van der Waals surface area contributed by atoms with Crippen molar-refractivity contribution in [3.63, 3.8) is 0 Å². The first-order chi connectivity index (χ1) is 23.8. The van der Waals surface area contributed by atoms with Gasteiger partial charge < -0.3 is 9.73 Å². The quantitative estimate of drug-likeness (QED) is 0.111. The molecule has 1 unspecified atom stereocenters. The van der Waals surface area contributed by atoms with Gasteiger partial charge in [-0.15, -0.1) is 0 Å². The number of hydroxylamine groups is 1. The van der Waals surface area contributed by atoms with E-state index in [4.69, 9.17) is 4.42 Å². The van der Waals surface area contributed by atoms with Crippen LogP contribution >= 0.6 is 11.8 Å². The van der Waals surface area contributed by atoms with Crippen LogP contribution in [0.25, 0.3) is 21.9 Å². The van der Waals surface area contributed by atoms with Crippen LogP contribution < -0.4 is 10.8 Å². The first-order valence-electron chi connectivity index (χ1n) is 14.0. The van der Waals surface area contributed by atoms with Crippen LogP contribution in [0, 0.1) is 0 Å². The van der Waals surface area contributed by atoms with Crippen molar-refractivity contribution in [1.29, 1.82) is 0 Å². The molecule has 1 fully saturated rings. The number of amides is 2. The number of hydrogen-bond acceptors (Lipinski definition) is 7. The number of carbonyl (C=O) groups is 2. The van der Waals surface area contributed by atoms with E-state index in [0.717, 1.165) is 33.9 Å². The average Bonchev–Trinajstić information content (AvgIpc) is 3.39. The van der Waals surface area contributed by atoms with E-state index in [9.17, 15) is 89.1 Å². The third kappa shape index (κ3) is 6.21. The van der Waals surface area contributed by atoms with Crippen LogP contribution in [0.1, 0.15) is 13.8 Å². The summed E-state index contributed by atoms with van der Waals surface area (Å²) in [6.07, 6.45) is -7.78. The summed E-state index contributed by atoms with van der Waals surface area (Å²) in [6, 6.07) is 3.56. The van der Waals surface area contributed by atoms with Crippen LogP contribution in [0.3, 0.4) is 0 Å². The second kappa shape index (κ2) is 12.7. The highest BCUT2D eigenvalue weighted by molar-refractivity contribution is 8.01. The molecular formula is C27H20F15N3O6S2. The standard InChI is InChI=1S/C27H20F15N3O6S2/c1-20(2)17(18(46)44-48)45(7-8-52-20)53(49,50)12-4-6-15-14(10-12)13-5-3-11(9-16(13)51-15)43-19(47)21(28,29)22(30,31)23(32,33)24(34,35)25(36,37)26(38,39)27(40,41)42/h3-6,9-10,17,48H,7-8H2,1-2H3,(H,43,47)(H,44,46). The minimum absolute atomic E-state index is 0.0666. The minimum Gasteiger partial charge on any atom is -0.456 e. The number of benzene rings is 2. The molecule has 0 bridgehead atoms. The Balaban J connectivity index is 1.67. The second-order valence-corrected chi connectivity index (χ2v) is 15.5. The molecule has 3 aromatic rings. The highest BCUT2D eigenvalue weighted by Crippen LogP contribution is 2.62. The van der Waals surface area contributed by atoms with Gasteiger partial charge in [-0.3, -0.25) is 14.8 Å². The van der Waals surface area contributed by atoms with Gasteiger partial charge in [0.15, 0.2) is 0 Å². The van der Waals surface area contributed by atoms with Crippen LogP contribution in [0.5, 0.6) is 0 Å². The zero-order chi connectivity index (χ0) is 40.8. The summed E-state index contributed by atoms with van der Waals surface area (Å²) in [6.45, 7) is 2.88. The predicted molar refractivity (Wildman–Crippen MR) is 152 cm³/mol. The fourth-order valence-electron chi connectivity index (χ4n) is 5.17. The van der Waals surface area contributed by atoms with Crippen molar-refractivity contribution in [3.05, 3.63) is 36.4 Å². The zero-order valence-corrected chi connectivity index (χ0v) is 27.5. The molecule has 0 aliphatic carbocycles. The Kier molecular flexibility index (Phi) is 10.1. The third-order valence-electron chi connectivity index (χ3n) is 8.01. The number of alkyl halides is 15. The first-order valence-corrected chi connectivity index (χ1v) is 16.4. The fourth-order valence-corrected chi connectivity index (χ4v) is 8.30. The van der Waals surface area contributed by atoms with Gasteiger partial charge in [0.05, 0.1) is 4.90 Å². The Hall–Kier alpha value is -3.65. The summed E-state index contributed by atoms with van der Waals surface area (Å²) in [7, 11) is -4.54. The molecule has 2 amide bonds. The van der Waals surface area contributed by atoms with E-state index in [1.165, 1.54) is 17.2 Å². The molecule has 4 rings (SSSR count). The van der Waals surface area contributed by atoms with Crippen molar-refractivity contribution in [1.82, 2.24) is 9.79 Å². The Morgan fingerprint density at radius 3 is 1.89 bits per heavy atom. The van der Waals surface area contributed by atoms with Gasteiger partial charge in [0, 0.05) is 39.6 Å². The number of furan rings is 1. The molecule has 296 valence electrons. The molecule has 9 nitrogen and oxygen atoms in total. The molecule has 0 radical (unpaired) electrons. The molecule has 1 atom stereocenters. The molecule has 2 heterocycles. The second-order valence-electron chi connectivity index (χ2n) is 11.8. The average molecular weight is 832 g/mol. The molecule has 0 saturated carbocycles. The number of hydrogen-bond donors (Lipinski definition) is 3. The Morgan fingerprint density at radius 2 is 1.34 bits per heavy atom. The van der Waals surface area contributed by atoms with E-state index < -0.39 is 90.5 Å². The van der Waals surface area contributed by atoms with Crippen molar-refractivity contribution >= 4 is 61.2 Å². The molecular weight excluding hydrogens is 811 g/mol. The molecule has 3 N–H and O–H groups in total. The lowest BCUT2D eigenvalue weighted by atomic mass is 9.91. The number of thioether (sulfide) groups is 1. The van der Waals surface area contributed by atoms with Gasteiger partial charge in [0.2, 0.25) is 10.0 Å². The number of anilines is 1. The Morgan fingerprint density at radius 1 is 0.792 bits per heavy atom. The van der Waals surface area contributed by atoms with Crippen molar-refractivity contribution < 1.29 is 93.5 Å². The molecule has 0 spiro atoms. The highest BCUT2D eigenvalue weighted by atomic mass is 32.2. The summed E-state index contributed by atoms with van der Waals surface area (Å²) in [4.78, 5) is 24.0. The smallest absolute Gasteiger partial charge is 0.456 e. The maximum Gasteiger partial charge on any atom is 0.460 e. The third-order valence-corrected chi connectivity index (χ3v) is 11.2. The number of rotatable bonds is 10. The largest absolute Gasteiger partial charge is 0.460 e. The molecule has 53 heavy (non-hydrogen) atoms. The summed E-state index contributed by atoms with van der Waals surface area (Å²) in [5.74, 6) is -53.4. The number of fused-ring (bicyclic) bond motifs is 3. The number of carbonyl (C=O) groups excluding carboxylic acids is 2. The van der Waals surface area contributed by atoms with Crippen LogP contribution in [-0.2, 0) is 19.6 Å². The maximum absolute atomic E-state index is 14.4. The molecule has 1 saturated heterocycles. The van der Waals surface area contributed by atoms with Crippen molar-refractivity contribution in [2.24, 2.45) is 0 Å². The Labute approximate surface area is 289 Å². The normalized spacial score (nSPS) is 18.7. The lowest BCUT2D eigenvalue weighted by molar-refractivity contribution is -0.449. The zero-order valence-electron chi connectivity index (χ0n) is 25.9. The lowest BCUT2D eigenvalue weighted by Crippen LogP contribution is -2.73. The van der Waals surface area contributed by atoms with Gasteiger partial charge in [0.1, 0.15) is 17.2 Å². The fraction of sp³-hybridized carbons (Fsp3) is 0.481. The van der Waals surface area contributed by atoms with Crippen LogP contribution in [0.2, 0.25) is 0 Å². The number of sulfonamides is 1. The van der Waals surface area contributed by atoms with Crippen LogP contribution in [0.4, 0.5) is 71.5 Å². The molecule has 2 aromatic carbocycles. The summed E-state index contributed by atoms with van der Waals surface area (Å²) < 4.78 is 235. The van der Waals surface area contributed by atoms with Gasteiger partial charge in [-0.1, -0.05) is 0 Å². The molecule has 1 aromatic heterocycles. The first kappa shape index (κ1) is 42.1. The van der Waals surface area contributed by atoms with Crippen LogP contribution in [0.15, 0.2) is 45.7 Å². The van der Waals surface area contributed by atoms with Crippen molar-refractivity contribution in [3.8, 4) is 0 Å². The maximum atomic E-state index is 14.4. The number of nitrogens with one attached hydrogen (secondary N) is 2. The number of halogens is 15. The van der Waals surface area contributed by atoms with Crippen molar-refractivity contribution in [2.45, 2.75) is 71.2 Å². The Bertz CT molecular complexity index is 2050. The van der Waals surface area contributed by atoms with E-state index in [-0.39, 0.29) is 28.7 Å².